The topological polar surface area (TPSA) is 61.4 Å². The summed E-state index contributed by atoms with van der Waals surface area (Å²) < 4.78 is 4.29. The van der Waals surface area contributed by atoms with Gasteiger partial charge in [0.25, 0.3) is 0 Å². The molecule has 4 aromatic heterocycles. The molecule has 0 aliphatic rings. The van der Waals surface area contributed by atoms with Gasteiger partial charge >= 0.3 is 0 Å². The molecule has 0 amide bonds. The van der Waals surface area contributed by atoms with Gasteiger partial charge in [-0.15, -0.1) is 11.3 Å². The van der Waals surface area contributed by atoms with Crippen LogP contribution in [0.1, 0.15) is 11.9 Å². The van der Waals surface area contributed by atoms with Gasteiger partial charge in [-0.1, -0.05) is 6.92 Å². The van der Waals surface area contributed by atoms with Crippen molar-refractivity contribution in [1.29, 1.82) is 0 Å². The minimum Gasteiger partial charge on any atom is -0.329 e. The maximum atomic E-state index is 4.55. The number of thiazole rings is 1. The molecule has 0 bridgehead atoms. The molecule has 7 heteroatoms. The summed E-state index contributed by atoms with van der Waals surface area (Å²) in [5, 5.41) is 3.12. The van der Waals surface area contributed by atoms with Crippen LogP contribution in [-0.4, -0.2) is 29.1 Å². The minimum absolute atomic E-state index is 0.414. The normalized spacial score (nSPS) is 12.8. The maximum Gasteiger partial charge on any atom is 0.159 e. The number of rotatable bonds is 5. The van der Waals surface area contributed by atoms with Crippen LogP contribution in [0.15, 0.2) is 42.4 Å². The number of fused-ring (bicyclic) bond motifs is 1. The average Bonchev–Trinajstić information content (AvgIpc) is 3.28. The van der Waals surface area contributed by atoms with Crippen LogP contribution in [0.5, 0.6) is 0 Å². The second-order valence-electron chi connectivity index (χ2n) is 6.00. The van der Waals surface area contributed by atoms with Gasteiger partial charge in [0.2, 0.25) is 0 Å². The third kappa shape index (κ3) is 2.82. The lowest BCUT2D eigenvalue weighted by atomic mass is 10.1. The molecule has 4 aromatic rings. The molecule has 4 rings (SSSR count). The Morgan fingerprint density at radius 2 is 2.00 bits per heavy atom. The van der Waals surface area contributed by atoms with E-state index in [4.69, 9.17) is 0 Å². The number of imidazole rings is 2. The molecular formula is C17H18N6S. The van der Waals surface area contributed by atoms with E-state index in [-0.39, 0.29) is 0 Å². The summed E-state index contributed by atoms with van der Waals surface area (Å²) in [4.78, 5) is 17.9. The molecule has 1 atom stereocenters. The van der Waals surface area contributed by atoms with Crippen molar-refractivity contribution in [1.82, 2.24) is 29.1 Å². The van der Waals surface area contributed by atoms with Crippen molar-refractivity contribution in [2.45, 2.75) is 26.9 Å². The standard InChI is InChI=1S/C17H18N6S/c1-12(9-23-11-20-14-4-3-5-18-16(14)23)8-22-7-6-19-17(22)15-10-24-13(2)21-15/h3-7,10-12H,8-9H2,1-2H3. The van der Waals surface area contributed by atoms with Gasteiger partial charge in [-0.3, -0.25) is 0 Å². The highest BCUT2D eigenvalue weighted by Gasteiger charge is 2.13. The van der Waals surface area contributed by atoms with Crippen molar-refractivity contribution in [2.24, 2.45) is 5.92 Å². The zero-order valence-corrected chi connectivity index (χ0v) is 14.4. The maximum absolute atomic E-state index is 4.55. The van der Waals surface area contributed by atoms with Crippen molar-refractivity contribution in [3.05, 3.63) is 47.4 Å². The van der Waals surface area contributed by atoms with Crippen molar-refractivity contribution < 1.29 is 0 Å². The Labute approximate surface area is 143 Å². The van der Waals surface area contributed by atoms with E-state index < -0.39 is 0 Å². The van der Waals surface area contributed by atoms with E-state index in [1.165, 1.54) is 0 Å². The Bertz CT molecular complexity index is 966. The molecule has 0 N–H and O–H groups in total. The van der Waals surface area contributed by atoms with Gasteiger partial charge in [0, 0.05) is 37.1 Å². The summed E-state index contributed by atoms with van der Waals surface area (Å²) in [5.74, 6) is 1.34. The summed E-state index contributed by atoms with van der Waals surface area (Å²) in [7, 11) is 0. The van der Waals surface area contributed by atoms with Gasteiger partial charge < -0.3 is 9.13 Å². The predicted octanol–water partition coefficient (Wildman–Crippen LogP) is 3.40. The molecule has 0 radical (unpaired) electrons. The van der Waals surface area contributed by atoms with Crippen LogP contribution in [0.4, 0.5) is 0 Å². The summed E-state index contributed by atoms with van der Waals surface area (Å²) >= 11 is 1.65. The Balaban J connectivity index is 1.53. The third-order valence-corrected chi connectivity index (χ3v) is 4.73. The zero-order chi connectivity index (χ0) is 16.5. The van der Waals surface area contributed by atoms with Crippen LogP contribution in [-0.2, 0) is 13.1 Å². The molecule has 122 valence electrons. The van der Waals surface area contributed by atoms with E-state index in [1.807, 2.05) is 44.0 Å². The van der Waals surface area contributed by atoms with Crippen molar-refractivity contribution in [3.8, 4) is 11.5 Å². The minimum atomic E-state index is 0.414. The molecule has 0 aromatic carbocycles. The Kier molecular flexibility index (Phi) is 3.86. The second kappa shape index (κ2) is 6.16. The summed E-state index contributed by atoms with van der Waals surface area (Å²) in [5.41, 5.74) is 2.82. The molecule has 0 aliphatic heterocycles. The number of nitrogens with zero attached hydrogens (tertiary/aromatic N) is 6. The lowest BCUT2D eigenvalue weighted by Crippen LogP contribution is -2.14. The zero-order valence-electron chi connectivity index (χ0n) is 13.6. The Hall–Kier alpha value is -2.54. The predicted molar refractivity (Wildman–Crippen MR) is 94.8 cm³/mol. The van der Waals surface area contributed by atoms with Gasteiger partial charge in [-0.2, -0.15) is 0 Å². The van der Waals surface area contributed by atoms with Gasteiger partial charge in [0.05, 0.1) is 11.3 Å². The first-order chi connectivity index (χ1) is 11.7. The number of aryl methyl sites for hydroxylation is 1. The Morgan fingerprint density at radius 3 is 2.83 bits per heavy atom. The smallest absolute Gasteiger partial charge is 0.159 e. The first kappa shape index (κ1) is 15.0. The van der Waals surface area contributed by atoms with Crippen LogP contribution in [0, 0.1) is 12.8 Å². The number of aromatic nitrogens is 6. The van der Waals surface area contributed by atoms with Crippen LogP contribution < -0.4 is 0 Å². The van der Waals surface area contributed by atoms with E-state index in [0.717, 1.165) is 40.8 Å². The fourth-order valence-electron chi connectivity index (χ4n) is 2.92. The van der Waals surface area contributed by atoms with E-state index in [9.17, 15) is 0 Å². The highest BCUT2D eigenvalue weighted by molar-refractivity contribution is 7.09. The molecule has 0 saturated heterocycles. The highest BCUT2D eigenvalue weighted by atomic mass is 32.1. The largest absolute Gasteiger partial charge is 0.329 e. The number of hydrogen-bond donors (Lipinski definition) is 0. The quantitative estimate of drug-likeness (QED) is 0.559. The molecule has 6 nitrogen and oxygen atoms in total. The first-order valence-electron chi connectivity index (χ1n) is 7.90. The molecule has 1 unspecified atom stereocenters. The molecule has 24 heavy (non-hydrogen) atoms. The lowest BCUT2D eigenvalue weighted by Gasteiger charge is -2.15. The van der Waals surface area contributed by atoms with Crippen LogP contribution in [0.3, 0.4) is 0 Å². The molecule has 0 fully saturated rings. The second-order valence-corrected chi connectivity index (χ2v) is 7.07. The monoisotopic (exact) mass is 338 g/mol. The summed E-state index contributed by atoms with van der Waals surface area (Å²) in [6.45, 7) is 5.98. The van der Waals surface area contributed by atoms with Crippen molar-refractivity contribution >= 4 is 22.5 Å². The number of pyridine rings is 1. The number of hydrogen-bond acceptors (Lipinski definition) is 5. The van der Waals surface area contributed by atoms with Crippen molar-refractivity contribution in [2.75, 3.05) is 0 Å². The first-order valence-corrected chi connectivity index (χ1v) is 8.78. The molecule has 0 spiro atoms. The molecule has 4 heterocycles. The van der Waals surface area contributed by atoms with E-state index in [0.29, 0.717) is 5.92 Å². The SMILES string of the molecule is Cc1nc(-c2nccn2CC(C)Cn2cnc3cccnc32)cs1. The summed E-state index contributed by atoms with van der Waals surface area (Å²) in [6.07, 6.45) is 7.53. The van der Waals surface area contributed by atoms with E-state index in [1.54, 1.807) is 11.3 Å². The van der Waals surface area contributed by atoms with E-state index in [2.05, 4.69) is 41.4 Å². The van der Waals surface area contributed by atoms with E-state index >= 15 is 0 Å². The highest BCUT2D eigenvalue weighted by Crippen LogP contribution is 2.21. The fourth-order valence-corrected chi connectivity index (χ4v) is 3.51. The van der Waals surface area contributed by atoms with Crippen LogP contribution in [0.2, 0.25) is 0 Å². The third-order valence-electron chi connectivity index (χ3n) is 3.95. The van der Waals surface area contributed by atoms with Gasteiger partial charge in [0.1, 0.15) is 11.2 Å². The van der Waals surface area contributed by atoms with Gasteiger partial charge in [-0.25, -0.2) is 19.9 Å². The van der Waals surface area contributed by atoms with Crippen molar-refractivity contribution in [3.63, 3.8) is 0 Å². The van der Waals surface area contributed by atoms with Gasteiger partial charge in [-0.05, 0) is 25.0 Å². The molecule has 0 aliphatic carbocycles. The average molecular weight is 338 g/mol. The van der Waals surface area contributed by atoms with Crippen LogP contribution >= 0.6 is 11.3 Å². The Morgan fingerprint density at radius 1 is 1.12 bits per heavy atom. The summed E-state index contributed by atoms with van der Waals surface area (Å²) in [6, 6.07) is 3.90. The molecule has 0 saturated carbocycles. The lowest BCUT2D eigenvalue weighted by molar-refractivity contribution is 0.423. The van der Waals surface area contributed by atoms with Crippen LogP contribution in [0.25, 0.3) is 22.7 Å². The van der Waals surface area contributed by atoms with Gasteiger partial charge in [0.15, 0.2) is 11.5 Å². The fraction of sp³-hybridized carbons (Fsp3) is 0.294. The molecular weight excluding hydrogens is 320 g/mol.